The van der Waals surface area contributed by atoms with Crippen LogP contribution in [-0.4, -0.2) is 18.4 Å². The maximum absolute atomic E-state index is 12.2. The third-order valence-electron chi connectivity index (χ3n) is 3.32. The Bertz CT molecular complexity index is 666. The molecule has 2 aromatic carbocycles. The van der Waals surface area contributed by atoms with E-state index in [0.29, 0.717) is 23.7 Å². The van der Waals surface area contributed by atoms with Crippen LogP contribution in [0.15, 0.2) is 54.6 Å². The normalized spacial score (nSPS) is 10.4. The number of carbonyl (C=O) groups is 2. The van der Waals surface area contributed by atoms with E-state index in [1.165, 1.54) is 0 Å². The third-order valence-corrected chi connectivity index (χ3v) is 3.32. The minimum absolute atomic E-state index is 0.139. The van der Waals surface area contributed by atoms with E-state index < -0.39 is 0 Å². The van der Waals surface area contributed by atoms with Gasteiger partial charge in [0.25, 0.3) is 5.91 Å². The molecular formula is C19H22N2O2. The topological polar surface area (TPSA) is 58.2 Å². The predicted molar refractivity (Wildman–Crippen MR) is 92.4 cm³/mol. The highest BCUT2D eigenvalue weighted by molar-refractivity contribution is 6.04. The van der Waals surface area contributed by atoms with Crippen LogP contribution in [0.1, 0.15) is 29.8 Å². The van der Waals surface area contributed by atoms with Crippen molar-refractivity contribution in [3.63, 3.8) is 0 Å². The quantitative estimate of drug-likeness (QED) is 0.860. The van der Waals surface area contributed by atoms with Crippen molar-refractivity contribution in [2.75, 3.05) is 11.9 Å². The molecule has 120 valence electrons. The van der Waals surface area contributed by atoms with Crippen LogP contribution >= 0.6 is 0 Å². The fourth-order valence-corrected chi connectivity index (χ4v) is 2.16. The molecule has 4 heteroatoms. The van der Waals surface area contributed by atoms with Gasteiger partial charge in [0.05, 0.1) is 17.7 Å². The highest BCUT2D eigenvalue weighted by atomic mass is 16.2. The lowest BCUT2D eigenvalue weighted by molar-refractivity contribution is -0.115. The summed E-state index contributed by atoms with van der Waals surface area (Å²) in [5.74, 6) is 0.0633. The Morgan fingerprint density at radius 1 is 0.957 bits per heavy atom. The van der Waals surface area contributed by atoms with Crippen LogP contribution < -0.4 is 10.6 Å². The standard InChI is InChI=1S/C19H22N2O2/c1-14(2)13-20-19(23)16-10-6-7-11-17(16)21-18(22)12-15-8-4-3-5-9-15/h3-11,14H,12-13H2,1-2H3,(H,20,23)(H,21,22). The van der Waals surface area contributed by atoms with Crippen LogP contribution in [-0.2, 0) is 11.2 Å². The van der Waals surface area contributed by atoms with E-state index in [9.17, 15) is 9.59 Å². The molecule has 0 radical (unpaired) electrons. The lowest BCUT2D eigenvalue weighted by Crippen LogP contribution is -2.28. The zero-order chi connectivity index (χ0) is 16.7. The zero-order valence-corrected chi connectivity index (χ0v) is 13.5. The van der Waals surface area contributed by atoms with Gasteiger partial charge in [-0.15, -0.1) is 0 Å². The molecule has 2 rings (SSSR count). The van der Waals surface area contributed by atoms with E-state index in [2.05, 4.69) is 10.6 Å². The molecule has 0 aliphatic carbocycles. The van der Waals surface area contributed by atoms with Crippen molar-refractivity contribution >= 4 is 17.5 Å². The number of rotatable bonds is 6. The first-order chi connectivity index (χ1) is 11.1. The molecule has 0 heterocycles. The Morgan fingerprint density at radius 2 is 1.61 bits per heavy atom. The average molecular weight is 310 g/mol. The Morgan fingerprint density at radius 3 is 2.30 bits per heavy atom. The molecule has 0 aliphatic heterocycles. The number of para-hydroxylation sites is 1. The van der Waals surface area contributed by atoms with Crippen LogP contribution in [0.5, 0.6) is 0 Å². The van der Waals surface area contributed by atoms with E-state index in [0.717, 1.165) is 5.56 Å². The number of anilines is 1. The van der Waals surface area contributed by atoms with Gasteiger partial charge in [-0.2, -0.15) is 0 Å². The first-order valence-electron chi connectivity index (χ1n) is 7.77. The van der Waals surface area contributed by atoms with Gasteiger partial charge in [0, 0.05) is 6.54 Å². The summed E-state index contributed by atoms with van der Waals surface area (Å²) in [5, 5.41) is 5.70. The summed E-state index contributed by atoms with van der Waals surface area (Å²) in [5.41, 5.74) is 1.95. The zero-order valence-electron chi connectivity index (χ0n) is 13.5. The van der Waals surface area contributed by atoms with Crippen molar-refractivity contribution in [3.8, 4) is 0 Å². The van der Waals surface area contributed by atoms with Crippen LogP contribution in [0.25, 0.3) is 0 Å². The van der Waals surface area contributed by atoms with E-state index >= 15 is 0 Å². The summed E-state index contributed by atoms with van der Waals surface area (Å²) in [6.07, 6.45) is 0.281. The van der Waals surface area contributed by atoms with Gasteiger partial charge in [0.2, 0.25) is 5.91 Å². The number of carbonyl (C=O) groups excluding carboxylic acids is 2. The fraction of sp³-hybridized carbons (Fsp3) is 0.263. The minimum atomic E-state index is -0.172. The second-order valence-corrected chi connectivity index (χ2v) is 5.86. The molecule has 0 saturated carbocycles. The average Bonchev–Trinajstić information content (AvgIpc) is 2.54. The summed E-state index contributed by atoms with van der Waals surface area (Å²) in [4.78, 5) is 24.4. The highest BCUT2D eigenvalue weighted by Crippen LogP contribution is 2.15. The summed E-state index contributed by atoms with van der Waals surface area (Å²) >= 11 is 0. The van der Waals surface area contributed by atoms with Crippen LogP contribution in [0.3, 0.4) is 0 Å². The molecule has 23 heavy (non-hydrogen) atoms. The summed E-state index contributed by atoms with van der Waals surface area (Å²) in [6, 6.07) is 16.6. The van der Waals surface area contributed by atoms with Crippen molar-refractivity contribution in [2.24, 2.45) is 5.92 Å². The molecule has 0 bridgehead atoms. The first-order valence-corrected chi connectivity index (χ1v) is 7.77. The van der Waals surface area contributed by atoms with E-state index in [1.807, 2.05) is 44.2 Å². The van der Waals surface area contributed by atoms with Gasteiger partial charge in [0.1, 0.15) is 0 Å². The largest absolute Gasteiger partial charge is 0.352 e. The number of nitrogens with one attached hydrogen (secondary N) is 2. The molecule has 4 nitrogen and oxygen atoms in total. The molecular weight excluding hydrogens is 288 g/mol. The van der Waals surface area contributed by atoms with Crippen molar-refractivity contribution in [1.82, 2.24) is 5.32 Å². The Hall–Kier alpha value is -2.62. The van der Waals surface area contributed by atoms with Crippen LogP contribution in [0, 0.1) is 5.92 Å². The Labute approximate surface area is 136 Å². The molecule has 0 unspecified atom stereocenters. The molecule has 0 atom stereocenters. The first kappa shape index (κ1) is 16.7. The third kappa shape index (κ3) is 5.25. The smallest absolute Gasteiger partial charge is 0.253 e. The minimum Gasteiger partial charge on any atom is -0.352 e. The van der Waals surface area contributed by atoms with Gasteiger partial charge in [-0.3, -0.25) is 9.59 Å². The van der Waals surface area contributed by atoms with Gasteiger partial charge < -0.3 is 10.6 Å². The van der Waals surface area contributed by atoms with Gasteiger partial charge in [-0.25, -0.2) is 0 Å². The summed E-state index contributed by atoms with van der Waals surface area (Å²) < 4.78 is 0. The molecule has 0 aliphatic rings. The molecule has 0 aromatic heterocycles. The molecule has 2 aromatic rings. The second kappa shape index (κ2) is 8.13. The lowest BCUT2D eigenvalue weighted by Gasteiger charge is -2.12. The maximum Gasteiger partial charge on any atom is 0.253 e. The van der Waals surface area contributed by atoms with Crippen LogP contribution in [0.2, 0.25) is 0 Å². The van der Waals surface area contributed by atoms with Crippen molar-refractivity contribution < 1.29 is 9.59 Å². The summed E-state index contributed by atoms with van der Waals surface area (Å²) in [7, 11) is 0. The monoisotopic (exact) mass is 310 g/mol. The Balaban J connectivity index is 2.05. The van der Waals surface area contributed by atoms with Crippen LogP contribution in [0.4, 0.5) is 5.69 Å². The molecule has 2 amide bonds. The van der Waals surface area contributed by atoms with Gasteiger partial charge in [-0.1, -0.05) is 56.3 Å². The van der Waals surface area contributed by atoms with Crippen molar-refractivity contribution in [2.45, 2.75) is 20.3 Å². The maximum atomic E-state index is 12.2. The van der Waals surface area contributed by atoms with E-state index in [-0.39, 0.29) is 18.2 Å². The summed E-state index contributed by atoms with van der Waals surface area (Å²) in [6.45, 7) is 4.67. The van der Waals surface area contributed by atoms with Crippen molar-refractivity contribution in [1.29, 1.82) is 0 Å². The second-order valence-electron chi connectivity index (χ2n) is 5.86. The Kier molecular flexibility index (Phi) is 5.92. The molecule has 0 saturated heterocycles. The van der Waals surface area contributed by atoms with E-state index in [4.69, 9.17) is 0 Å². The number of amides is 2. The predicted octanol–water partition coefficient (Wildman–Crippen LogP) is 3.25. The SMILES string of the molecule is CC(C)CNC(=O)c1ccccc1NC(=O)Cc1ccccc1. The lowest BCUT2D eigenvalue weighted by atomic mass is 10.1. The molecule has 0 fully saturated rings. The van der Waals surface area contributed by atoms with Gasteiger partial charge >= 0.3 is 0 Å². The number of hydrogen-bond donors (Lipinski definition) is 2. The van der Waals surface area contributed by atoms with E-state index in [1.54, 1.807) is 24.3 Å². The molecule has 0 spiro atoms. The fourth-order valence-electron chi connectivity index (χ4n) is 2.16. The van der Waals surface area contributed by atoms with Gasteiger partial charge in [-0.05, 0) is 23.6 Å². The molecule has 2 N–H and O–H groups in total. The van der Waals surface area contributed by atoms with Crippen molar-refractivity contribution in [3.05, 3.63) is 65.7 Å². The van der Waals surface area contributed by atoms with Gasteiger partial charge in [0.15, 0.2) is 0 Å². The highest BCUT2D eigenvalue weighted by Gasteiger charge is 2.13. The number of hydrogen-bond acceptors (Lipinski definition) is 2. The number of benzene rings is 2.